The Labute approximate surface area is 113 Å². The molecule has 0 saturated heterocycles. The third kappa shape index (κ3) is 3.21. The minimum Gasteiger partial charge on any atom is -0.383 e. The number of aliphatic hydroxyl groups is 1. The van der Waals surface area contributed by atoms with E-state index < -0.39 is 6.10 Å². The van der Waals surface area contributed by atoms with Gasteiger partial charge in [-0.15, -0.1) is 11.3 Å². The number of rotatable bonds is 5. The molecular formula is C16H20OS. The van der Waals surface area contributed by atoms with Gasteiger partial charge in [-0.2, -0.15) is 0 Å². The van der Waals surface area contributed by atoms with Gasteiger partial charge in [0.2, 0.25) is 0 Å². The van der Waals surface area contributed by atoms with Crippen LogP contribution in [0.1, 0.15) is 46.8 Å². The third-order valence-corrected chi connectivity index (χ3v) is 4.20. The standard InChI is InChI=1S/C16H20OS/c1-3-4-5-13-7-9-14(10-8-13)16(17)15-11-6-12(2)18-15/h6-11,16-17H,3-5H2,1-2H3. The summed E-state index contributed by atoms with van der Waals surface area (Å²) in [4.78, 5) is 2.26. The lowest BCUT2D eigenvalue weighted by Gasteiger charge is -2.09. The molecule has 18 heavy (non-hydrogen) atoms. The summed E-state index contributed by atoms with van der Waals surface area (Å²) in [6.07, 6.45) is 3.10. The van der Waals surface area contributed by atoms with E-state index in [-0.39, 0.29) is 0 Å². The Kier molecular flexibility index (Phi) is 4.56. The van der Waals surface area contributed by atoms with E-state index >= 15 is 0 Å². The minimum atomic E-state index is -0.482. The summed E-state index contributed by atoms with van der Waals surface area (Å²) in [5.74, 6) is 0. The largest absolute Gasteiger partial charge is 0.383 e. The van der Waals surface area contributed by atoms with Crippen LogP contribution in [-0.2, 0) is 6.42 Å². The first kappa shape index (κ1) is 13.3. The number of hydrogen-bond acceptors (Lipinski definition) is 2. The monoisotopic (exact) mass is 260 g/mol. The highest BCUT2D eigenvalue weighted by Gasteiger charge is 2.11. The van der Waals surface area contributed by atoms with E-state index in [1.165, 1.54) is 23.3 Å². The molecule has 0 bridgehead atoms. The van der Waals surface area contributed by atoms with Gasteiger partial charge in [-0.3, -0.25) is 0 Å². The van der Waals surface area contributed by atoms with E-state index in [1.807, 2.05) is 18.2 Å². The summed E-state index contributed by atoms with van der Waals surface area (Å²) >= 11 is 1.66. The summed E-state index contributed by atoms with van der Waals surface area (Å²) in [6.45, 7) is 4.27. The van der Waals surface area contributed by atoms with Crippen molar-refractivity contribution in [3.63, 3.8) is 0 Å². The molecule has 0 aliphatic rings. The predicted molar refractivity (Wildman–Crippen MR) is 78.2 cm³/mol. The molecule has 1 unspecified atom stereocenters. The van der Waals surface area contributed by atoms with Crippen molar-refractivity contribution in [1.29, 1.82) is 0 Å². The molecule has 0 aliphatic carbocycles. The van der Waals surface area contributed by atoms with Crippen LogP contribution in [0.3, 0.4) is 0 Å². The molecule has 2 heteroatoms. The zero-order valence-electron chi connectivity index (χ0n) is 11.0. The number of thiophene rings is 1. The Hall–Kier alpha value is -1.12. The average molecular weight is 260 g/mol. The number of unbranched alkanes of at least 4 members (excludes halogenated alkanes) is 1. The Morgan fingerprint density at radius 1 is 1.11 bits per heavy atom. The van der Waals surface area contributed by atoms with Crippen LogP contribution in [0.25, 0.3) is 0 Å². The van der Waals surface area contributed by atoms with Gasteiger partial charge in [0.15, 0.2) is 0 Å². The fourth-order valence-corrected chi connectivity index (χ4v) is 2.90. The van der Waals surface area contributed by atoms with E-state index in [0.29, 0.717) is 0 Å². The summed E-state index contributed by atoms with van der Waals surface area (Å²) in [5.41, 5.74) is 2.34. The van der Waals surface area contributed by atoms with Crippen LogP contribution >= 0.6 is 11.3 Å². The molecule has 0 aliphatic heterocycles. The van der Waals surface area contributed by atoms with Gasteiger partial charge in [-0.25, -0.2) is 0 Å². The van der Waals surface area contributed by atoms with Crippen LogP contribution < -0.4 is 0 Å². The molecule has 0 fully saturated rings. The lowest BCUT2D eigenvalue weighted by Crippen LogP contribution is -1.97. The first-order valence-electron chi connectivity index (χ1n) is 6.54. The smallest absolute Gasteiger partial charge is 0.113 e. The molecule has 0 saturated carbocycles. The number of aryl methyl sites for hydroxylation is 2. The number of aliphatic hydroxyl groups excluding tert-OH is 1. The van der Waals surface area contributed by atoms with Gasteiger partial charge in [0.05, 0.1) is 0 Å². The van der Waals surface area contributed by atoms with Crippen LogP contribution in [0.5, 0.6) is 0 Å². The summed E-state index contributed by atoms with van der Waals surface area (Å²) in [6, 6.07) is 12.4. The van der Waals surface area contributed by atoms with E-state index in [4.69, 9.17) is 0 Å². The topological polar surface area (TPSA) is 20.2 Å². The van der Waals surface area contributed by atoms with Crippen molar-refractivity contribution in [2.75, 3.05) is 0 Å². The third-order valence-electron chi connectivity index (χ3n) is 3.15. The van der Waals surface area contributed by atoms with Crippen LogP contribution in [-0.4, -0.2) is 5.11 Å². The predicted octanol–water partition coefficient (Wildman–Crippen LogP) is 4.48. The van der Waals surface area contributed by atoms with Gasteiger partial charge in [-0.1, -0.05) is 37.6 Å². The second kappa shape index (κ2) is 6.17. The maximum Gasteiger partial charge on any atom is 0.113 e. The minimum absolute atomic E-state index is 0.482. The van der Waals surface area contributed by atoms with Crippen LogP contribution in [0.2, 0.25) is 0 Å². The molecule has 96 valence electrons. The van der Waals surface area contributed by atoms with E-state index in [9.17, 15) is 5.11 Å². The highest BCUT2D eigenvalue weighted by atomic mass is 32.1. The SMILES string of the molecule is CCCCc1ccc(C(O)c2ccc(C)s2)cc1. The van der Waals surface area contributed by atoms with Crippen molar-refractivity contribution in [2.45, 2.75) is 39.2 Å². The molecular weight excluding hydrogens is 240 g/mol. The first-order valence-corrected chi connectivity index (χ1v) is 7.35. The molecule has 1 heterocycles. The van der Waals surface area contributed by atoms with E-state index in [1.54, 1.807) is 11.3 Å². The maximum absolute atomic E-state index is 10.3. The zero-order chi connectivity index (χ0) is 13.0. The van der Waals surface area contributed by atoms with Gasteiger partial charge >= 0.3 is 0 Å². The Bertz CT molecular complexity index is 484. The van der Waals surface area contributed by atoms with E-state index in [0.717, 1.165) is 16.9 Å². The molecule has 2 aromatic rings. The van der Waals surface area contributed by atoms with Crippen molar-refractivity contribution < 1.29 is 5.11 Å². The number of hydrogen-bond donors (Lipinski definition) is 1. The van der Waals surface area contributed by atoms with Crippen molar-refractivity contribution in [1.82, 2.24) is 0 Å². The van der Waals surface area contributed by atoms with Crippen molar-refractivity contribution in [2.24, 2.45) is 0 Å². The summed E-state index contributed by atoms with van der Waals surface area (Å²) < 4.78 is 0. The van der Waals surface area contributed by atoms with Crippen LogP contribution in [0.4, 0.5) is 0 Å². The fourth-order valence-electron chi connectivity index (χ4n) is 2.01. The van der Waals surface area contributed by atoms with Crippen LogP contribution in [0, 0.1) is 6.92 Å². The lowest BCUT2D eigenvalue weighted by atomic mass is 10.0. The molecule has 2 rings (SSSR count). The Morgan fingerprint density at radius 2 is 1.83 bits per heavy atom. The second-order valence-corrected chi connectivity index (χ2v) is 6.02. The van der Waals surface area contributed by atoms with Gasteiger partial charge in [-0.05, 0) is 43.0 Å². The normalized spacial score (nSPS) is 12.6. The quantitative estimate of drug-likeness (QED) is 0.840. The maximum atomic E-state index is 10.3. The summed E-state index contributed by atoms with van der Waals surface area (Å²) in [5, 5.41) is 10.3. The van der Waals surface area contributed by atoms with E-state index in [2.05, 4.69) is 32.0 Å². The second-order valence-electron chi connectivity index (χ2n) is 4.70. The van der Waals surface area contributed by atoms with Crippen molar-refractivity contribution >= 4 is 11.3 Å². The first-order chi connectivity index (χ1) is 8.70. The molecule has 0 radical (unpaired) electrons. The molecule has 1 aromatic carbocycles. The Balaban J connectivity index is 2.09. The van der Waals surface area contributed by atoms with Gasteiger partial charge in [0.25, 0.3) is 0 Å². The van der Waals surface area contributed by atoms with Gasteiger partial charge in [0.1, 0.15) is 6.10 Å². The van der Waals surface area contributed by atoms with Gasteiger partial charge < -0.3 is 5.11 Å². The average Bonchev–Trinajstić information content (AvgIpc) is 2.83. The fraction of sp³-hybridized carbons (Fsp3) is 0.375. The van der Waals surface area contributed by atoms with Crippen molar-refractivity contribution in [3.05, 3.63) is 57.3 Å². The van der Waals surface area contributed by atoms with Crippen LogP contribution in [0.15, 0.2) is 36.4 Å². The summed E-state index contributed by atoms with van der Waals surface area (Å²) in [7, 11) is 0. The lowest BCUT2D eigenvalue weighted by molar-refractivity contribution is 0.224. The van der Waals surface area contributed by atoms with Gasteiger partial charge in [0, 0.05) is 9.75 Å². The zero-order valence-corrected chi connectivity index (χ0v) is 11.8. The molecule has 1 nitrogen and oxygen atoms in total. The highest BCUT2D eigenvalue weighted by molar-refractivity contribution is 7.12. The molecule has 1 aromatic heterocycles. The molecule has 0 spiro atoms. The Morgan fingerprint density at radius 3 is 2.39 bits per heavy atom. The molecule has 1 atom stereocenters. The van der Waals surface area contributed by atoms with Crippen molar-refractivity contribution in [3.8, 4) is 0 Å². The number of benzene rings is 1. The highest BCUT2D eigenvalue weighted by Crippen LogP contribution is 2.28. The molecule has 0 amide bonds. The molecule has 1 N–H and O–H groups in total.